The molecule has 0 aromatic heterocycles. The first-order valence-corrected chi connectivity index (χ1v) is 3.37. The fraction of sp³-hybridized carbons (Fsp3) is 0.800. The zero-order valence-electron chi connectivity index (χ0n) is 7.24. The van der Waals surface area contributed by atoms with E-state index >= 15 is 0 Å². The maximum Gasteiger partial charge on any atom is 1.00 e. The second kappa shape index (κ2) is 7.37. The number of hydrogen-bond acceptors (Lipinski definition) is 1. The number of carbonyl (C=O) groups is 1. The van der Waals surface area contributed by atoms with E-state index in [9.17, 15) is 17.7 Å². The molecule has 0 fully saturated rings. The van der Waals surface area contributed by atoms with Crippen LogP contribution in [0.2, 0.25) is 6.32 Å². The van der Waals surface area contributed by atoms with Gasteiger partial charge in [-0.15, -0.1) is 0 Å². The second-order valence-corrected chi connectivity index (χ2v) is 2.34. The van der Waals surface area contributed by atoms with Crippen molar-refractivity contribution < 1.29 is 69.1 Å². The molecule has 0 saturated carbocycles. The van der Waals surface area contributed by atoms with Crippen molar-refractivity contribution in [1.29, 1.82) is 0 Å². The minimum atomic E-state index is -4.68. The van der Waals surface area contributed by atoms with E-state index in [1.54, 1.807) is 0 Å². The van der Waals surface area contributed by atoms with E-state index in [2.05, 4.69) is 5.32 Å². The van der Waals surface area contributed by atoms with Crippen LogP contribution in [0, 0.1) is 0 Å². The van der Waals surface area contributed by atoms with Gasteiger partial charge in [-0.3, -0.25) is 4.79 Å². The van der Waals surface area contributed by atoms with E-state index in [0.717, 1.165) is 0 Å². The van der Waals surface area contributed by atoms with Gasteiger partial charge in [0.25, 0.3) is 0 Å². The number of carbonyl (C=O) groups excluding carboxylic acids is 1. The van der Waals surface area contributed by atoms with Crippen molar-refractivity contribution in [2.24, 2.45) is 0 Å². The molecular weight excluding hydrogens is 197 g/mol. The van der Waals surface area contributed by atoms with Crippen molar-refractivity contribution in [3.63, 3.8) is 0 Å². The third-order valence-corrected chi connectivity index (χ3v) is 1.08. The van der Waals surface area contributed by atoms with Crippen molar-refractivity contribution >= 4 is 12.9 Å². The summed E-state index contributed by atoms with van der Waals surface area (Å²) in [6.45, 7) is -3.30. The van der Waals surface area contributed by atoms with Crippen LogP contribution in [-0.4, -0.2) is 19.4 Å². The van der Waals surface area contributed by atoms with E-state index < -0.39 is 13.3 Å². The average Bonchev–Trinajstić information content (AvgIpc) is 1.78. The molecule has 0 aliphatic heterocycles. The summed E-state index contributed by atoms with van der Waals surface area (Å²) < 4.78 is 34.6. The van der Waals surface area contributed by atoms with Crippen LogP contribution in [0.4, 0.5) is 12.9 Å². The van der Waals surface area contributed by atoms with Crippen molar-refractivity contribution in [2.75, 3.05) is 6.54 Å². The van der Waals surface area contributed by atoms with Crippen LogP contribution in [0.3, 0.4) is 0 Å². The molecule has 0 spiro atoms. The van der Waals surface area contributed by atoms with Gasteiger partial charge in [-0.25, -0.2) is 0 Å². The summed E-state index contributed by atoms with van der Waals surface area (Å²) in [5, 5.41) is 2.29. The Balaban J connectivity index is 0. The van der Waals surface area contributed by atoms with E-state index in [-0.39, 0.29) is 70.3 Å². The molecule has 12 heavy (non-hydrogen) atoms. The van der Waals surface area contributed by atoms with Crippen LogP contribution in [0.1, 0.15) is 13.3 Å². The van der Waals surface area contributed by atoms with E-state index in [1.165, 1.54) is 6.92 Å². The van der Waals surface area contributed by atoms with Crippen LogP contribution in [0.15, 0.2) is 0 Å². The molecule has 0 saturated heterocycles. The number of hydrogen-bond donors (Lipinski definition) is 1. The van der Waals surface area contributed by atoms with Crippen LogP contribution in [0.25, 0.3) is 0 Å². The molecule has 0 atom stereocenters. The molecule has 2 nitrogen and oxygen atoms in total. The summed E-state index contributed by atoms with van der Waals surface area (Å²) in [4.78, 5) is 10.2. The molecule has 0 radical (unpaired) electrons. The Morgan fingerprint density at radius 1 is 1.42 bits per heavy atom. The van der Waals surface area contributed by atoms with Crippen LogP contribution in [-0.2, 0) is 4.79 Å². The van der Waals surface area contributed by atoms with Gasteiger partial charge in [-0.2, -0.15) is 0 Å². The van der Waals surface area contributed by atoms with Gasteiger partial charge in [-0.05, 0) is 0 Å². The Morgan fingerprint density at radius 2 is 1.92 bits per heavy atom. The van der Waals surface area contributed by atoms with Gasteiger partial charge in [0.1, 0.15) is 0 Å². The summed E-state index contributed by atoms with van der Waals surface area (Å²) in [6, 6.07) is 0. The SMILES string of the molecule is CC(=O)NCCC[B-](F)(F)F.[K+]. The number of halogens is 3. The Kier molecular flexibility index (Phi) is 9.48. The standard InChI is InChI=1S/C5H10BF3NO.K/c1-5(11)10-4-2-3-6(7,8)9;/h2-4H2,1H3,(H,10,11);/q-1;+1. The van der Waals surface area contributed by atoms with Crippen LogP contribution >= 0.6 is 0 Å². The van der Waals surface area contributed by atoms with E-state index in [1.807, 2.05) is 0 Å². The van der Waals surface area contributed by atoms with Gasteiger partial charge in [0.15, 0.2) is 0 Å². The van der Waals surface area contributed by atoms with Gasteiger partial charge in [0.2, 0.25) is 5.91 Å². The summed E-state index contributed by atoms with van der Waals surface area (Å²) in [5.74, 6) is -0.292. The molecule has 1 N–H and O–H groups in total. The van der Waals surface area contributed by atoms with Crippen LogP contribution in [0.5, 0.6) is 0 Å². The molecule has 0 aliphatic carbocycles. The Hall–Kier alpha value is 0.961. The summed E-state index contributed by atoms with van der Waals surface area (Å²) >= 11 is 0. The van der Waals surface area contributed by atoms with E-state index in [4.69, 9.17) is 0 Å². The molecule has 0 rings (SSSR count). The quantitative estimate of drug-likeness (QED) is 0.435. The first-order valence-electron chi connectivity index (χ1n) is 3.37. The molecule has 7 heteroatoms. The van der Waals surface area contributed by atoms with Crippen molar-refractivity contribution in [3.05, 3.63) is 0 Å². The molecule has 0 aromatic carbocycles. The number of nitrogens with one attached hydrogen (secondary N) is 1. The second-order valence-electron chi connectivity index (χ2n) is 2.34. The first kappa shape index (κ1) is 15.4. The third-order valence-electron chi connectivity index (χ3n) is 1.08. The van der Waals surface area contributed by atoms with Gasteiger partial charge in [0, 0.05) is 13.5 Å². The first-order chi connectivity index (χ1) is 4.92. The average molecular weight is 207 g/mol. The fourth-order valence-electron chi connectivity index (χ4n) is 0.598. The molecule has 1 amide bonds. The van der Waals surface area contributed by atoms with Crippen molar-refractivity contribution in [1.82, 2.24) is 5.32 Å². The third kappa shape index (κ3) is 13.5. The van der Waals surface area contributed by atoms with Gasteiger partial charge >= 0.3 is 58.4 Å². The van der Waals surface area contributed by atoms with E-state index in [0.29, 0.717) is 0 Å². The van der Waals surface area contributed by atoms with Crippen molar-refractivity contribution in [2.45, 2.75) is 19.7 Å². The maximum atomic E-state index is 11.5. The predicted octanol–water partition coefficient (Wildman–Crippen LogP) is -1.64. The summed E-state index contributed by atoms with van der Waals surface area (Å²) in [5.41, 5.74) is 0. The molecule has 0 aliphatic rings. The van der Waals surface area contributed by atoms with Gasteiger partial charge in [-0.1, -0.05) is 12.7 Å². The number of rotatable bonds is 4. The molecule has 66 valence electrons. The maximum absolute atomic E-state index is 11.5. The molecule has 0 unspecified atom stereocenters. The molecule has 0 aromatic rings. The summed E-state index contributed by atoms with van der Waals surface area (Å²) in [6.07, 6.45) is -0.802. The van der Waals surface area contributed by atoms with Crippen LogP contribution < -0.4 is 56.7 Å². The zero-order valence-corrected chi connectivity index (χ0v) is 10.4. The largest absolute Gasteiger partial charge is 1.00 e. The van der Waals surface area contributed by atoms with Gasteiger partial charge in [0.05, 0.1) is 0 Å². The van der Waals surface area contributed by atoms with Crippen molar-refractivity contribution in [3.8, 4) is 0 Å². The summed E-state index contributed by atoms with van der Waals surface area (Å²) in [7, 11) is 0. The molecular formula is C5H10BF3KNO. The molecule has 0 heterocycles. The molecule has 0 bridgehead atoms. The zero-order chi connectivity index (χ0) is 8.91. The Morgan fingerprint density at radius 3 is 2.25 bits per heavy atom. The Bertz CT molecular complexity index is 141. The smallest absolute Gasteiger partial charge is 0.449 e. The monoisotopic (exact) mass is 207 g/mol. The minimum absolute atomic E-state index is 0. The fourth-order valence-corrected chi connectivity index (χ4v) is 0.598. The Labute approximate surface area is 112 Å². The topological polar surface area (TPSA) is 29.1 Å². The van der Waals surface area contributed by atoms with Gasteiger partial charge < -0.3 is 18.3 Å². The normalized spacial score (nSPS) is 10.3. The minimum Gasteiger partial charge on any atom is -0.449 e. The predicted molar refractivity (Wildman–Crippen MR) is 37.2 cm³/mol. The number of amides is 1.